The number of carbonyl (C=O) groups is 1. The molecule has 2 N–H and O–H groups in total. The van der Waals surface area contributed by atoms with Gasteiger partial charge in [-0.1, -0.05) is 32.6 Å². The van der Waals surface area contributed by atoms with Crippen molar-refractivity contribution in [2.75, 3.05) is 13.6 Å². The van der Waals surface area contributed by atoms with E-state index in [4.69, 9.17) is 0 Å². The SMILES string of the molecule is CCCC1(CNC(=O)CC2(NC)CCCCC2)CC1. The van der Waals surface area contributed by atoms with E-state index in [-0.39, 0.29) is 11.4 Å². The minimum atomic E-state index is 0.0732. The van der Waals surface area contributed by atoms with Crippen molar-refractivity contribution in [3.05, 3.63) is 0 Å². The highest BCUT2D eigenvalue weighted by Gasteiger charge is 2.42. The standard InChI is InChI=1S/C16H30N2O/c1-3-7-15(10-11-15)13-18-14(19)12-16(17-2)8-5-4-6-9-16/h17H,3-13H2,1-2H3,(H,18,19). The average Bonchev–Trinajstić information content (AvgIpc) is 3.18. The fraction of sp³-hybridized carbons (Fsp3) is 0.938. The molecule has 2 aliphatic carbocycles. The Labute approximate surface area is 117 Å². The summed E-state index contributed by atoms with van der Waals surface area (Å²) in [6.45, 7) is 3.14. The third kappa shape index (κ3) is 3.95. The van der Waals surface area contributed by atoms with Gasteiger partial charge in [0.05, 0.1) is 0 Å². The number of hydrogen-bond acceptors (Lipinski definition) is 2. The molecule has 0 unspecified atom stereocenters. The highest BCUT2D eigenvalue weighted by atomic mass is 16.1. The van der Waals surface area contributed by atoms with Crippen LogP contribution in [0.25, 0.3) is 0 Å². The number of nitrogens with one attached hydrogen (secondary N) is 2. The fourth-order valence-electron chi connectivity index (χ4n) is 3.62. The van der Waals surface area contributed by atoms with Gasteiger partial charge in [-0.3, -0.25) is 4.79 Å². The van der Waals surface area contributed by atoms with Crippen molar-refractivity contribution < 1.29 is 4.79 Å². The van der Waals surface area contributed by atoms with Crippen LogP contribution < -0.4 is 10.6 Å². The van der Waals surface area contributed by atoms with Crippen molar-refractivity contribution in [1.82, 2.24) is 10.6 Å². The van der Waals surface area contributed by atoms with Gasteiger partial charge in [-0.15, -0.1) is 0 Å². The maximum absolute atomic E-state index is 12.2. The minimum Gasteiger partial charge on any atom is -0.355 e. The summed E-state index contributed by atoms with van der Waals surface area (Å²) < 4.78 is 0. The van der Waals surface area contributed by atoms with Crippen molar-refractivity contribution in [2.45, 2.75) is 76.7 Å². The van der Waals surface area contributed by atoms with E-state index in [0.29, 0.717) is 11.8 Å². The lowest BCUT2D eigenvalue weighted by Crippen LogP contribution is -2.48. The lowest BCUT2D eigenvalue weighted by Gasteiger charge is -2.36. The summed E-state index contributed by atoms with van der Waals surface area (Å²) in [6.07, 6.45) is 11.9. The molecule has 0 heterocycles. The Morgan fingerprint density at radius 1 is 1.11 bits per heavy atom. The van der Waals surface area contributed by atoms with Gasteiger partial charge < -0.3 is 10.6 Å². The Hall–Kier alpha value is -0.570. The van der Waals surface area contributed by atoms with E-state index in [0.717, 1.165) is 19.4 Å². The molecule has 2 aliphatic rings. The first-order valence-electron chi connectivity index (χ1n) is 8.09. The van der Waals surface area contributed by atoms with Gasteiger partial charge in [0.2, 0.25) is 5.91 Å². The van der Waals surface area contributed by atoms with Crippen molar-refractivity contribution in [1.29, 1.82) is 0 Å². The molecule has 0 aromatic carbocycles. The van der Waals surface area contributed by atoms with Crippen LogP contribution >= 0.6 is 0 Å². The van der Waals surface area contributed by atoms with Gasteiger partial charge in [0.1, 0.15) is 0 Å². The van der Waals surface area contributed by atoms with Crippen LogP contribution in [0.1, 0.15) is 71.1 Å². The van der Waals surface area contributed by atoms with E-state index in [2.05, 4.69) is 17.6 Å². The molecule has 0 bridgehead atoms. The molecule has 0 aromatic heterocycles. The minimum absolute atomic E-state index is 0.0732. The first-order chi connectivity index (χ1) is 9.14. The van der Waals surface area contributed by atoms with Crippen LogP contribution in [0, 0.1) is 5.41 Å². The molecule has 0 radical (unpaired) electrons. The molecular formula is C16H30N2O. The Bertz CT molecular complexity index is 304. The molecule has 0 atom stereocenters. The predicted molar refractivity (Wildman–Crippen MR) is 79.1 cm³/mol. The highest BCUT2D eigenvalue weighted by molar-refractivity contribution is 5.77. The monoisotopic (exact) mass is 266 g/mol. The Morgan fingerprint density at radius 2 is 1.79 bits per heavy atom. The Kier molecular flexibility index (Phi) is 4.88. The highest BCUT2D eigenvalue weighted by Crippen LogP contribution is 2.48. The van der Waals surface area contributed by atoms with Crippen molar-refractivity contribution in [3.63, 3.8) is 0 Å². The maximum Gasteiger partial charge on any atom is 0.221 e. The number of hydrogen-bond donors (Lipinski definition) is 2. The molecule has 0 spiro atoms. The van der Waals surface area contributed by atoms with Crippen LogP contribution in [0.4, 0.5) is 0 Å². The fourth-order valence-corrected chi connectivity index (χ4v) is 3.62. The lowest BCUT2D eigenvalue weighted by molar-refractivity contribution is -0.123. The largest absolute Gasteiger partial charge is 0.355 e. The molecule has 3 heteroatoms. The van der Waals surface area contributed by atoms with Crippen molar-refractivity contribution >= 4 is 5.91 Å². The molecule has 19 heavy (non-hydrogen) atoms. The molecule has 1 amide bonds. The molecule has 3 nitrogen and oxygen atoms in total. The van der Waals surface area contributed by atoms with Gasteiger partial charge in [-0.2, -0.15) is 0 Å². The summed E-state index contributed by atoms with van der Waals surface area (Å²) in [5, 5.41) is 6.62. The van der Waals surface area contributed by atoms with Crippen molar-refractivity contribution in [2.24, 2.45) is 5.41 Å². The molecule has 0 saturated heterocycles. The predicted octanol–water partition coefficient (Wildman–Crippen LogP) is 3.00. The third-order valence-corrected chi connectivity index (χ3v) is 5.24. The Morgan fingerprint density at radius 3 is 2.32 bits per heavy atom. The molecule has 0 aliphatic heterocycles. The molecular weight excluding hydrogens is 236 g/mol. The van der Waals surface area contributed by atoms with E-state index >= 15 is 0 Å². The van der Waals surface area contributed by atoms with E-state index in [1.807, 2.05) is 7.05 Å². The van der Waals surface area contributed by atoms with Gasteiger partial charge in [-0.05, 0) is 44.6 Å². The van der Waals surface area contributed by atoms with E-state index in [1.165, 1.54) is 44.9 Å². The summed E-state index contributed by atoms with van der Waals surface area (Å²) in [4.78, 5) is 12.2. The van der Waals surface area contributed by atoms with Gasteiger partial charge in [0.25, 0.3) is 0 Å². The molecule has 0 aromatic rings. The normalized spacial score (nSPS) is 23.9. The second-order valence-electron chi connectivity index (χ2n) is 6.79. The number of carbonyl (C=O) groups excluding carboxylic acids is 1. The van der Waals surface area contributed by atoms with Gasteiger partial charge in [-0.25, -0.2) is 0 Å². The quantitative estimate of drug-likeness (QED) is 0.744. The zero-order chi connectivity index (χ0) is 13.8. The van der Waals surface area contributed by atoms with Crippen LogP contribution in [-0.2, 0) is 4.79 Å². The second-order valence-corrected chi connectivity index (χ2v) is 6.79. The molecule has 2 fully saturated rings. The van der Waals surface area contributed by atoms with Crippen LogP contribution in [0.5, 0.6) is 0 Å². The molecule has 2 saturated carbocycles. The van der Waals surface area contributed by atoms with Crippen LogP contribution in [0.15, 0.2) is 0 Å². The summed E-state index contributed by atoms with van der Waals surface area (Å²) >= 11 is 0. The van der Waals surface area contributed by atoms with Crippen LogP contribution in [-0.4, -0.2) is 25.0 Å². The molecule has 110 valence electrons. The first kappa shape index (κ1) is 14.8. The third-order valence-electron chi connectivity index (χ3n) is 5.24. The summed E-state index contributed by atoms with van der Waals surface area (Å²) in [7, 11) is 2.01. The maximum atomic E-state index is 12.2. The van der Waals surface area contributed by atoms with Crippen LogP contribution in [0.3, 0.4) is 0 Å². The summed E-state index contributed by atoms with van der Waals surface area (Å²) in [5.41, 5.74) is 0.535. The number of rotatable bonds is 7. The lowest BCUT2D eigenvalue weighted by atomic mass is 9.79. The summed E-state index contributed by atoms with van der Waals surface area (Å²) in [5.74, 6) is 0.249. The zero-order valence-electron chi connectivity index (χ0n) is 12.7. The van der Waals surface area contributed by atoms with Gasteiger partial charge >= 0.3 is 0 Å². The average molecular weight is 266 g/mol. The van der Waals surface area contributed by atoms with Crippen molar-refractivity contribution in [3.8, 4) is 0 Å². The first-order valence-corrected chi connectivity index (χ1v) is 8.09. The number of amides is 1. The summed E-state index contributed by atoms with van der Waals surface area (Å²) in [6, 6.07) is 0. The van der Waals surface area contributed by atoms with E-state index in [1.54, 1.807) is 0 Å². The molecule has 2 rings (SSSR count). The van der Waals surface area contributed by atoms with Gasteiger partial charge in [0.15, 0.2) is 0 Å². The van der Waals surface area contributed by atoms with E-state index in [9.17, 15) is 4.79 Å². The zero-order valence-corrected chi connectivity index (χ0v) is 12.7. The van der Waals surface area contributed by atoms with Gasteiger partial charge in [0, 0.05) is 18.5 Å². The smallest absolute Gasteiger partial charge is 0.221 e. The van der Waals surface area contributed by atoms with Crippen LogP contribution in [0.2, 0.25) is 0 Å². The van der Waals surface area contributed by atoms with E-state index < -0.39 is 0 Å². The Balaban J connectivity index is 1.77. The topological polar surface area (TPSA) is 41.1 Å². The second kappa shape index (κ2) is 6.25.